The van der Waals surface area contributed by atoms with Crippen molar-refractivity contribution in [2.24, 2.45) is 34.5 Å². The number of hydrogen-bond acceptors (Lipinski definition) is 7. The third-order valence-electron chi connectivity index (χ3n) is 9.36. The molecule has 0 aliphatic heterocycles. The minimum Gasteiger partial charge on any atom is -0.438 e. The maximum Gasteiger partial charge on any atom is 0.508 e. The van der Waals surface area contributed by atoms with Gasteiger partial charge in [-0.05, 0) is 48.9 Å². The Kier molecular flexibility index (Phi) is 6.36. The number of aldehydes is 1. The van der Waals surface area contributed by atoms with Crippen LogP contribution in [-0.2, 0) is 23.7 Å². The average molecular weight is 461 g/mol. The van der Waals surface area contributed by atoms with Crippen LogP contribution in [0.5, 0.6) is 0 Å². The van der Waals surface area contributed by atoms with Crippen LogP contribution in [0, 0.1) is 34.5 Å². The van der Waals surface area contributed by atoms with Crippen molar-refractivity contribution in [1.29, 1.82) is 0 Å². The molecule has 0 aromatic heterocycles. The standard InChI is InChI=1S/C26H36O7/c1-15(14-27)19-8-9-20-18-7-6-16-12-17(32-23(28)30-4)13-22(33-24(29)31-5)26(16,3)21(18)10-11-25(19,20)2/h6-7,14-15,17,19-22H,8-13H2,1-5H3/t15-,17+,19+,20-,21-,22-,25+,26-/m0/s1. The molecule has 0 unspecified atom stereocenters. The van der Waals surface area contributed by atoms with E-state index in [1.54, 1.807) is 0 Å². The molecule has 0 aromatic carbocycles. The van der Waals surface area contributed by atoms with E-state index < -0.39 is 29.9 Å². The third-order valence-corrected chi connectivity index (χ3v) is 9.36. The third kappa shape index (κ3) is 3.77. The molecule has 0 bridgehead atoms. The molecule has 0 radical (unpaired) electrons. The molecule has 0 N–H and O–H groups in total. The fraction of sp³-hybridized carbons (Fsp3) is 0.731. The van der Waals surface area contributed by atoms with Crippen LogP contribution in [0.2, 0.25) is 0 Å². The molecule has 0 spiro atoms. The second-order valence-electron chi connectivity index (χ2n) is 10.7. The van der Waals surface area contributed by atoms with Crippen LogP contribution < -0.4 is 0 Å². The van der Waals surface area contributed by atoms with E-state index in [0.29, 0.717) is 24.7 Å². The second kappa shape index (κ2) is 8.80. The smallest absolute Gasteiger partial charge is 0.438 e. The summed E-state index contributed by atoms with van der Waals surface area (Å²) in [6.07, 6.45) is 8.28. The van der Waals surface area contributed by atoms with Crippen LogP contribution in [0.3, 0.4) is 0 Å². The van der Waals surface area contributed by atoms with Crippen LogP contribution in [0.15, 0.2) is 23.3 Å². The summed E-state index contributed by atoms with van der Waals surface area (Å²) in [5, 5.41) is 0. The first-order chi connectivity index (χ1) is 15.7. The van der Waals surface area contributed by atoms with Gasteiger partial charge in [-0.25, -0.2) is 9.59 Å². The predicted molar refractivity (Wildman–Crippen MR) is 120 cm³/mol. The predicted octanol–water partition coefficient (Wildman–Crippen LogP) is 5.23. The van der Waals surface area contributed by atoms with Crippen molar-refractivity contribution in [3.05, 3.63) is 23.3 Å². The van der Waals surface area contributed by atoms with Gasteiger partial charge < -0.3 is 23.7 Å². The van der Waals surface area contributed by atoms with Gasteiger partial charge in [-0.15, -0.1) is 0 Å². The minimum absolute atomic E-state index is 0.0590. The van der Waals surface area contributed by atoms with Gasteiger partial charge in [0.25, 0.3) is 0 Å². The lowest BCUT2D eigenvalue weighted by molar-refractivity contribution is -0.114. The molecule has 0 saturated heterocycles. The van der Waals surface area contributed by atoms with Gasteiger partial charge in [-0.3, -0.25) is 0 Å². The Hall–Kier alpha value is -2.31. The van der Waals surface area contributed by atoms with E-state index in [0.717, 1.165) is 37.5 Å². The zero-order valence-electron chi connectivity index (χ0n) is 20.3. The molecule has 8 atom stereocenters. The molecule has 4 aliphatic carbocycles. The van der Waals surface area contributed by atoms with Gasteiger partial charge in [0.15, 0.2) is 0 Å². The number of carbonyl (C=O) groups excluding carboxylic acids is 3. The zero-order chi connectivity index (χ0) is 24.0. The van der Waals surface area contributed by atoms with Crippen molar-refractivity contribution in [3.8, 4) is 0 Å². The van der Waals surface area contributed by atoms with Crippen molar-refractivity contribution in [2.75, 3.05) is 14.2 Å². The molecule has 3 saturated carbocycles. The van der Waals surface area contributed by atoms with E-state index >= 15 is 0 Å². The average Bonchev–Trinajstić information content (AvgIpc) is 3.16. The van der Waals surface area contributed by atoms with Gasteiger partial charge in [-0.1, -0.05) is 44.1 Å². The lowest BCUT2D eigenvalue weighted by Crippen LogP contribution is -2.54. The van der Waals surface area contributed by atoms with Crippen LogP contribution in [-0.4, -0.2) is 45.0 Å². The van der Waals surface area contributed by atoms with Crippen LogP contribution in [0.4, 0.5) is 9.59 Å². The number of carbonyl (C=O) groups is 3. The highest BCUT2D eigenvalue weighted by Gasteiger charge is 2.60. The first kappa shape index (κ1) is 23.8. The Bertz CT molecular complexity index is 876. The summed E-state index contributed by atoms with van der Waals surface area (Å²) in [4.78, 5) is 35.6. The highest BCUT2D eigenvalue weighted by Crippen LogP contribution is 2.66. The molecular weight excluding hydrogens is 424 g/mol. The van der Waals surface area contributed by atoms with Crippen molar-refractivity contribution < 1.29 is 33.3 Å². The van der Waals surface area contributed by atoms with E-state index in [1.165, 1.54) is 19.8 Å². The number of fused-ring (bicyclic) bond motifs is 5. The maximum absolute atomic E-state index is 12.2. The molecule has 4 aliphatic rings. The van der Waals surface area contributed by atoms with Gasteiger partial charge in [0, 0.05) is 24.2 Å². The van der Waals surface area contributed by atoms with Gasteiger partial charge in [0.2, 0.25) is 0 Å². The zero-order valence-corrected chi connectivity index (χ0v) is 20.3. The molecule has 33 heavy (non-hydrogen) atoms. The fourth-order valence-electron chi connectivity index (χ4n) is 7.61. The van der Waals surface area contributed by atoms with E-state index in [9.17, 15) is 14.4 Å². The van der Waals surface area contributed by atoms with E-state index in [1.807, 2.05) is 0 Å². The molecule has 0 amide bonds. The summed E-state index contributed by atoms with van der Waals surface area (Å²) in [5.74, 6) is 1.10. The Morgan fingerprint density at radius 1 is 1.03 bits per heavy atom. The monoisotopic (exact) mass is 460 g/mol. The van der Waals surface area contributed by atoms with Gasteiger partial charge in [0.1, 0.15) is 18.5 Å². The molecule has 4 rings (SSSR count). The van der Waals surface area contributed by atoms with Crippen molar-refractivity contribution in [3.63, 3.8) is 0 Å². The van der Waals surface area contributed by atoms with Crippen molar-refractivity contribution in [2.45, 2.75) is 71.5 Å². The SMILES string of the molecule is COC(=O)O[C@@H]1CC2=CC=C3[C@@H]4CC[C@H]([C@@H](C)C=O)[C@@]4(C)CC[C@@H]3[C@@]2(C)[C@@H](OC(=O)OC)C1. The highest BCUT2D eigenvalue weighted by atomic mass is 16.7. The Morgan fingerprint density at radius 2 is 1.73 bits per heavy atom. The van der Waals surface area contributed by atoms with E-state index in [2.05, 4.69) is 37.7 Å². The van der Waals surface area contributed by atoms with Gasteiger partial charge in [-0.2, -0.15) is 0 Å². The summed E-state index contributed by atoms with van der Waals surface area (Å²) < 4.78 is 20.8. The fourth-order valence-corrected chi connectivity index (χ4v) is 7.61. The second-order valence-corrected chi connectivity index (χ2v) is 10.7. The first-order valence-corrected chi connectivity index (χ1v) is 12.0. The van der Waals surface area contributed by atoms with Crippen molar-refractivity contribution >= 4 is 18.6 Å². The summed E-state index contributed by atoms with van der Waals surface area (Å²) in [6.45, 7) is 6.59. The molecular formula is C26H36O7. The van der Waals surface area contributed by atoms with Gasteiger partial charge >= 0.3 is 12.3 Å². The normalized spacial score (nSPS) is 40.1. The highest BCUT2D eigenvalue weighted by molar-refractivity contribution is 5.61. The molecule has 7 heteroatoms. The molecule has 0 aromatic rings. The minimum atomic E-state index is -0.734. The first-order valence-electron chi connectivity index (χ1n) is 12.0. The molecule has 3 fully saturated rings. The Labute approximate surface area is 195 Å². The maximum atomic E-state index is 12.2. The number of methoxy groups -OCH3 is 2. The van der Waals surface area contributed by atoms with E-state index in [4.69, 9.17) is 14.2 Å². The number of ether oxygens (including phenoxy) is 4. The summed E-state index contributed by atoms with van der Waals surface area (Å²) in [5.41, 5.74) is 2.25. The number of hydrogen-bond donors (Lipinski definition) is 0. The summed E-state index contributed by atoms with van der Waals surface area (Å²) in [7, 11) is 2.59. The molecule has 182 valence electrons. The number of rotatable bonds is 4. The lowest BCUT2D eigenvalue weighted by Gasteiger charge is -2.56. The van der Waals surface area contributed by atoms with Crippen LogP contribution in [0.25, 0.3) is 0 Å². The molecule has 0 heterocycles. The topological polar surface area (TPSA) is 88.1 Å². The Morgan fingerprint density at radius 3 is 2.39 bits per heavy atom. The van der Waals surface area contributed by atoms with Crippen LogP contribution in [0.1, 0.15) is 59.3 Å². The largest absolute Gasteiger partial charge is 0.508 e. The van der Waals surface area contributed by atoms with E-state index in [-0.39, 0.29) is 17.3 Å². The summed E-state index contributed by atoms with van der Waals surface area (Å²) in [6, 6.07) is 0. The quantitative estimate of drug-likeness (QED) is 0.419. The van der Waals surface area contributed by atoms with Crippen molar-refractivity contribution in [1.82, 2.24) is 0 Å². The summed E-state index contributed by atoms with van der Waals surface area (Å²) >= 11 is 0. The molecule has 7 nitrogen and oxygen atoms in total. The number of allylic oxidation sites excluding steroid dienone is 3. The van der Waals surface area contributed by atoms with Gasteiger partial charge in [0.05, 0.1) is 14.2 Å². The Balaban J connectivity index is 1.69. The van der Waals surface area contributed by atoms with Crippen LogP contribution >= 0.6 is 0 Å². The lowest BCUT2D eigenvalue weighted by atomic mass is 9.49.